The molecule has 0 atom stereocenters. The lowest BCUT2D eigenvalue weighted by Crippen LogP contribution is -2.09. The van der Waals surface area contributed by atoms with Crippen molar-refractivity contribution < 1.29 is 4.74 Å². The van der Waals surface area contributed by atoms with Crippen LogP contribution in [0.5, 0.6) is 5.75 Å². The highest BCUT2D eigenvalue weighted by atomic mass is 16.5. The Morgan fingerprint density at radius 2 is 1.27 bits per heavy atom. The van der Waals surface area contributed by atoms with Gasteiger partial charge in [-0.05, 0) is 61.4 Å². The van der Waals surface area contributed by atoms with Crippen LogP contribution in [0.2, 0.25) is 0 Å². The Morgan fingerprint density at radius 3 is 1.98 bits per heavy atom. The van der Waals surface area contributed by atoms with Gasteiger partial charge in [0.1, 0.15) is 24.0 Å². The third-order valence-electron chi connectivity index (χ3n) is 7.50. The third kappa shape index (κ3) is 4.71. The van der Waals surface area contributed by atoms with Crippen LogP contribution in [0, 0.1) is 0 Å². The van der Waals surface area contributed by atoms with Crippen molar-refractivity contribution in [3.8, 4) is 28.5 Å². The quantitative estimate of drug-likeness (QED) is 0.203. The maximum atomic E-state index is 6.23. The smallest absolute Gasteiger partial charge is 0.141 e. The molecule has 0 bridgehead atoms. The first kappa shape index (κ1) is 24.2. The summed E-state index contributed by atoms with van der Waals surface area (Å²) in [4.78, 5) is 9.92. The highest BCUT2D eigenvalue weighted by Gasteiger charge is 2.15. The predicted molar refractivity (Wildman–Crippen MR) is 162 cm³/mol. The van der Waals surface area contributed by atoms with E-state index in [9.17, 15) is 0 Å². The Labute approximate surface area is 233 Å². The minimum absolute atomic E-state index is 0.541. The number of aromatic nitrogens is 4. The van der Waals surface area contributed by atoms with E-state index in [0.29, 0.717) is 13.2 Å². The molecule has 0 spiro atoms. The lowest BCUT2D eigenvalue weighted by atomic mass is 10.0. The van der Waals surface area contributed by atoms with Crippen molar-refractivity contribution in [3.05, 3.63) is 127 Å². The monoisotopic (exact) mass is 522 g/mol. The van der Waals surface area contributed by atoms with Gasteiger partial charge in [0.05, 0.1) is 28.6 Å². The average molecular weight is 523 g/mol. The number of ether oxygens (including phenoxy) is 1. The molecule has 5 heteroatoms. The van der Waals surface area contributed by atoms with Crippen molar-refractivity contribution >= 4 is 22.1 Å². The molecule has 0 N–H and O–H groups in total. The third-order valence-corrected chi connectivity index (χ3v) is 7.50. The van der Waals surface area contributed by atoms with Gasteiger partial charge in [-0.3, -0.25) is 0 Å². The number of benzene rings is 4. The van der Waals surface area contributed by atoms with E-state index in [0.717, 1.165) is 70.0 Å². The Bertz CT molecular complexity index is 1840. The summed E-state index contributed by atoms with van der Waals surface area (Å²) in [5.41, 5.74) is 7.90. The van der Waals surface area contributed by atoms with Crippen molar-refractivity contribution in [3.63, 3.8) is 0 Å². The Hall–Kier alpha value is -4.90. The number of hydrogen-bond acceptors (Lipinski definition) is 3. The molecule has 7 rings (SSSR count). The van der Waals surface area contributed by atoms with Crippen molar-refractivity contribution in [2.24, 2.45) is 0 Å². The molecule has 0 fully saturated rings. The molecular weight excluding hydrogens is 492 g/mol. The number of hydrogen-bond donors (Lipinski definition) is 0. The van der Waals surface area contributed by atoms with E-state index in [1.54, 1.807) is 0 Å². The molecule has 0 aliphatic heterocycles. The van der Waals surface area contributed by atoms with Gasteiger partial charge in [-0.2, -0.15) is 0 Å². The zero-order valence-electron chi connectivity index (χ0n) is 22.3. The highest BCUT2D eigenvalue weighted by Crippen LogP contribution is 2.29. The number of imidazole rings is 2. The number of nitrogens with zero attached hydrogens (tertiary/aromatic N) is 4. The lowest BCUT2D eigenvalue weighted by Gasteiger charge is -2.14. The van der Waals surface area contributed by atoms with Crippen LogP contribution in [0.3, 0.4) is 0 Å². The van der Waals surface area contributed by atoms with Crippen LogP contribution in [0.15, 0.2) is 127 Å². The van der Waals surface area contributed by atoms with Gasteiger partial charge in [-0.1, -0.05) is 78.4 Å². The summed E-state index contributed by atoms with van der Waals surface area (Å²) in [6.45, 7) is 2.09. The minimum Gasteiger partial charge on any atom is -0.492 e. The van der Waals surface area contributed by atoms with Gasteiger partial charge >= 0.3 is 0 Å². The molecule has 0 unspecified atom stereocenters. The number of allylic oxidation sites excluding steroid dienone is 4. The van der Waals surface area contributed by atoms with Crippen molar-refractivity contribution in [1.29, 1.82) is 0 Å². The van der Waals surface area contributed by atoms with Gasteiger partial charge in [0.25, 0.3) is 0 Å². The van der Waals surface area contributed by atoms with E-state index in [4.69, 9.17) is 14.7 Å². The summed E-state index contributed by atoms with van der Waals surface area (Å²) in [6.07, 6.45) is 8.83. The molecule has 0 radical (unpaired) electrons. The second-order valence-electron chi connectivity index (χ2n) is 10.1. The Morgan fingerprint density at radius 1 is 0.650 bits per heavy atom. The SMILES string of the molecule is C1=CCCC(Cn2c(-c3ccc(OCCn4c(-c5ccccc5)nc5ccccc54)cc3)nc3ccccc32)=C1. The number of fused-ring (bicyclic) bond motifs is 2. The van der Waals surface area contributed by atoms with E-state index >= 15 is 0 Å². The summed E-state index contributed by atoms with van der Waals surface area (Å²) >= 11 is 0. The lowest BCUT2D eigenvalue weighted by molar-refractivity contribution is 0.301. The van der Waals surface area contributed by atoms with Gasteiger partial charge in [0.2, 0.25) is 0 Å². The first-order chi connectivity index (χ1) is 19.8. The van der Waals surface area contributed by atoms with E-state index in [-0.39, 0.29) is 0 Å². The number of rotatable bonds is 8. The number of para-hydroxylation sites is 4. The molecule has 5 nitrogen and oxygen atoms in total. The molecule has 0 saturated carbocycles. The average Bonchev–Trinajstić information content (AvgIpc) is 3.57. The molecule has 40 heavy (non-hydrogen) atoms. The molecule has 2 heterocycles. The summed E-state index contributed by atoms with van der Waals surface area (Å²) in [7, 11) is 0. The zero-order chi connectivity index (χ0) is 26.7. The topological polar surface area (TPSA) is 44.9 Å². The van der Waals surface area contributed by atoms with Gasteiger partial charge in [0, 0.05) is 17.7 Å². The predicted octanol–water partition coefficient (Wildman–Crippen LogP) is 8.08. The fourth-order valence-corrected chi connectivity index (χ4v) is 5.51. The van der Waals surface area contributed by atoms with Gasteiger partial charge in [-0.25, -0.2) is 9.97 Å². The fourth-order valence-electron chi connectivity index (χ4n) is 5.51. The van der Waals surface area contributed by atoms with Crippen LogP contribution in [0.1, 0.15) is 12.8 Å². The van der Waals surface area contributed by atoms with Gasteiger partial charge in [0.15, 0.2) is 0 Å². The Kier molecular flexibility index (Phi) is 6.46. The van der Waals surface area contributed by atoms with Crippen LogP contribution in [-0.4, -0.2) is 25.7 Å². The van der Waals surface area contributed by atoms with Crippen LogP contribution >= 0.6 is 0 Å². The molecule has 196 valence electrons. The van der Waals surface area contributed by atoms with Crippen LogP contribution in [0.4, 0.5) is 0 Å². The molecule has 2 aromatic heterocycles. The first-order valence-electron chi connectivity index (χ1n) is 13.9. The maximum absolute atomic E-state index is 6.23. The first-order valence-corrected chi connectivity index (χ1v) is 13.9. The molecule has 4 aromatic carbocycles. The largest absolute Gasteiger partial charge is 0.492 e. The standard InChI is InChI=1S/C35H30N4O/c1-3-11-26(12-4-1)25-39-33-18-10-8-16-31(33)37-35(39)28-19-21-29(22-20-28)40-24-23-38-32-17-9-7-15-30(32)36-34(38)27-13-5-2-6-14-27/h1-3,5-11,13-22H,4,12,23-25H2. The summed E-state index contributed by atoms with van der Waals surface area (Å²) in [6, 6.07) is 35.3. The van der Waals surface area contributed by atoms with Crippen molar-refractivity contribution in [1.82, 2.24) is 19.1 Å². The van der Waals surface area contributed by atoms with E-state index in [1.807, 2.05) is 24.3 Å². The second-order valence-corrected chi connectivity index (χ2v) is 10.1. The molecule has 0 amide bonds. The van der Waals surface area contributed by atoms with E-state index in [1.165, 1.54) is 5.57 Å². The molecular formula is C35H30N4O. The normalized spacial score (nSPS) is 13.2. The highest BCUT2D eigenvalue weighted by molar-refractivity contribution is 5.81. The van der Waals surface area contributed by atoms with Crippen molar-refractivity contribution in [2.45, 2.75) is 25.9 Å². The zero-order valence-corrected chi connectivity index (χ0v) is 22.3. The maximum Gasteiger partial charge on any atom is 0.141 e. The van der Waals surface area contributed by atoms with E-state index in [2.05, 4.69) is 106 Å². The second kappa shape index (κ2) is 10.7. The van der Waals surface area contributed by atoms with Crippen molar-refractivity contribution in [2.75, 3.05) is 6.61 Å². The fraction of sp³-hybridized carbons (Fsp3) is 0.143. The molecule has 0 saturated heterocycles. The van der Waals surface area contributed by atoms with Crippen LogP contribution in [0.25, 0.3) is 44.8 Å². The van der Waals surface area contributed by atoms with E-state index < -0.39 is 0 Å². The molecule has 1 aliphatic rings. The van der Waals surface area contributed by atoms with Crippen LogP contribution < -0.4 is 4.74 Å². The van der Waals surface area contributed by atoms with Crippen LogP contribution in [-0.2, 0) is 13.1 Å². The molecule has 6 aromatic rings. The summed E-state index contributed by atoms with van der Waals surface area (Å²) in [5, 5.41) is 0. The summed E-state index contributed by atoms with van der Waals surface area (Å²) in [5.74, 6) is 2.79. The summed E-state index contributed by atoms with van der Waals surface area (Å²) < 4.78 is 10.8. The molecule has 1 aliphatic carbocycles. The minimum atomic E-state index is 0.541. The van der Waals surface area contributed by atoms with Gasteiger partial charge in [-0.15, -0.1) is 0 Å². The Balaban J connectivity index is 1.11. The van der Waals surface area contributed by atoms with Gasteiger partial charge < -0.3 is 13.9 Å².